The van der Waals surface area contributed by atoms with Crippen molar-refractivity contribution >= 4 is 32.4 Å². The van der Waals surface area contributed by atoms with Gasteiger partial charge in [0.05, 0.1) is 11.4 Å². The Morgan fingerprint density at radius 3 is 2.81 bits per heavy atom. The number of aromatic hydroxyl groups is 1. The predicted molar refractivity (Wildman–Crippen MR) is 82.3 cm³/mol. The van der Waals surface area contributed by atoms with Crippen LogP contribution in [-0.4, -0.2) is 24.6 Å². The van der Waals surface area contributed by atoms with Crippen LogP contribution in [0.4, 0.5) is 10.8 Å². The molecule has 1 aromatic carbocycles. The maximum absolute atomic E-state index is 11.8. The molecular formula is C12H14N4O3S2. The average Bonchev–Trinajstić information content (AvgIpc) is 3.08. The summed E-state index contributed by atoms with van der Waals surface area (Å²) in [6, 6.07) is 4.77. The molecule has 21 heavy (non-hydrogen) atoms. The molecule has 1 aromatic heterocycles. The number of nitrogens with one attached hydrogen (secondary N) is 2. The maximum Gasteiger partial charge on any atom is 0.301 e. The molecule has 0 aliphatic heterocycles. The standard InChI is InChI=1S/C12H14N4O3S2/c13-9-5-7(1-4-11(9)17)10-6-20-12(14-10)16-21(18,19)15-8-2-3-8/h1,4-6,8,15,17H,2-3,13H2,(H,14,16). The zero-order valence-electron chi connectivity index (χ0n) is 10.9. The number of hydrogen-bond acceptors (Lipinski definition) is 6. The molecular weight excluding hydrogens is 312 g/mol. The molecule has 9 heteroatoms. The number of nitrogen functional groups attached to an aromatic ring is 1. The molecule has 2 aromatic rings. The quantitative estimate of drug-likeness (QED) is 0.491. The zero-order chi connectivity index (χ0) is 15.0. The number of hydrogen-bond donors (Lipinski definition) is 4. The Bertz CT molecular complexity index is 769. The molecule has 5 N–H and O–H groups in total. The molecule has 0 atom stereocenters. The molecule has 0 unspecified atom stereocenters. The number of phenols is 1. The van der Waals surface area contributed by atoms with Crippen molar-refractivity contribution in [1.29, 1.82) is 0 Å². The summed E-state index contributed by atoms with van der Waals surface area (Å²) in [5.41, 5.74) is 7.18. The number of thiazole rings is 1. The van der Waals surface area contributed by atoms with Crippen LogP contribution in [0.2, 0.25) is 0 Å². The van der Waals surface area contributed by atoms with Crippen molar-refractivity contribution in [2.75, 3.05) is 10.5 Å². The Morgan fingerprint density at radius 1 is 1.38 bits per heavy atom. The van der Waals surface area contributed by atoms with Crippen LogP contribution >= 0.6 is 11.3 Å². The van der Waals surface area contributed by atoms with Gasteiger partial charge in [-0.3, -0.25) is 0 Å². The predicted octanol–water partition coefficient (Wildman–Crippen LogP) is 1.51. The molecule has 112 valence electrons. The lowest BCUT2D eigenvalue weighted by atomic mass is 10.1. The third kappa shape index (κ3) is 3.43. The highest BCUT2D eigenvalue weighted by Crippen LogP contribution is 2.30. The third-order valence-corrected chi connectivity index (χ3v) is 4.94. The van der Waals surface area contributed by atoms with E-state index in [4.69, 9.17) is 5.73 Å². The lowest BCUT2D eigenvalue weighted by Crippen LogP contribution is -2.31. The Kier molecular flexibility index (Phi) is 3.47. The van der Waals surface area contributed by atoms with Crippen molar-refractivity contribution in [2.24, 2.45) is 0 Å². The Morgan fingerprint density at radius 2 is 2.14 bits per heavy atom. The summed E-state index contributed by atoms with van der Waals surface area (Å²) in [7, 11) is -3.57. The van der Waals surface area contributed by atoms with Gasteiger partial charge in [0.1, 0.15) is 5.75 Å². The number of rotatable bonds is 5. The van der Waals surface area contributed by atoms with Crippen LogP contribution in [0.5, 0.6) is 5.75 Å². The Labute approximate surface area is 126 Å². The van der Waals surface area contributed by atoms with Crippen molar-refractivity contribution in [1.82, 2.24) is 9.71 Å². The molecule has 1 saturated carbocycles. The van der Waals surface area contributed by atoms with Crippen LogP contribution < -0.4 is 15.2 Å². The van der Waals surface area contributed by atoms with Gasteiger partial charge in [-0.05, 0) is 31.0 Å². The van der Waals surface area contributed by atoms with Gasteiger partial charge in [-0.15, -0.1) is 11.3 Å². The molecule has 0 saturated heterocycles. The van der Waals surface area contributed by atoms with E-state index in [0.29, 0.717) is 11.3 Å². The van der Waals surface area contributed by atoms with E-state index in [1.165, 1.54) is 17.4 Å². The molecule has 0 bridgehead atoms. The van der Waals surface area contributed by atoms with Gasteiger partial charge in [-0.2, -0.15) is 13.1 Å². The van der Waals surface area contributed by atoms with Crippen molar-refractivity contribution < 1.29 is 13.5 Å². The van der Waals surface area contributed by atoms with Crippen LogP contribution in [0.3, 0.4) is 0 Å². The summed E-state index contributed by atoms with van der Waals surface area (Å²) in [5.74, 6) is 0.00328. The van der Waals surface area contributed by atoms with Crippen molar-refractivity contribution in [3.05, 3.63) is 23.6 Å². The minimum Gasteiger partial charge on any atom is -0.506 e. The summed E-state index contributed by atoms with van der Waals surface area (Å²) in [6.45, 7) is 0. The molecule has 1 aliphatic rings. The van der Waals surface area contributed by atoms with E-state index in [9.17, 15) is 13.5 Å². The highest BCUT2D eigenvalue weighted by molar-refractivity contribution is 7.91. The largest absolute Gasteiger partial charge is 0.506 e. The fraction of sp³-hybridized carbons (Fsp3) is 0.250. The van der Waals surface area contributed by atoms with Gasteiger partial charge < -0.3 is 10.8 Å². The van der Waals surface area contributed by atoms with Crippen LogP contribution in [0.1, 0.15) is 12.8 Å². The average molecular weight is 326 g/mol. The molecule has 0 radical (unpaired) electrons. The fourth-order valence-electron chi connectivity index (χ4n) is 1.73. The smallest absolute Gasteiger partial charge is 0.301 e. The first-order valence-electron chi connectivity index (χ1n) is 6.27. The molecule has 1 aliphatic carbocycles. The number of phenolic OH excluding ortho intramolecular Hbond substituents is 1. The number of nitrogens with two attached hydrogens (primary N) is 1. The fourth-order valence-corrected chi connectivity index (χ4v) is 3.83. The van der Waals surface area contributed by atoms with E-state index in [2.05, 4.69) is 14.4 Å². The summed E-state index contributed by atoms with van der Waals surface area (Å²) >= 11 is 1.18. The minimum atomic E-state index is -3.57. The molecule has 1 fully saturated rings. The van der Waals surface area contributed by atoms with Crippen molar-refractivity contribution in [2.45, 2.75) is 18.9 Å². The number of nitrogens with zero attached hydrogens (tertiary/aromatic N) is 1. The van der Waals surface area contributed by atoms with Gasteiger partial charge in [0, 0.05) is 17.0 Å². The van der Waals surface area contributed by atoms with Crippen LogP contribution in [0, 0.1) is 0 Å². The number of benzene rings is 1. The second-order valence-electron chi connectivity index (χ2n) is 4.81. The highest BCUT2D eigenvalue weighted by atomic mass is 32.2. The van der Waals surface area contributed by atoms with E-state index >= 15 is 0 Å². The lowest BCUT2D eigenvalue weighted by molar-refractivity contribution is 0.478. The van der Waals surface area contributed by atoms with E-state index in [-0.39, 0.29) is 22.6 Å². The first kappa shape index (κ1) is 14.1. The Balaban J connectivity index is 1.77. The normalized spacial score (nSPS) is 15.0. The zero-order valence-corrected chi connectivity index (χ0v) is 12.5. The lowest BCUT2D eigenvalue weighted by Gasteiger charge is -2.05. The molecule has 3 rings (SSSR count). The van der Waals surface area contributed by atoms with E-state index < -0.39 is 10.2 Å². The maximum atomic E-state index is 11.8. The van der Waals surface area contributed by atoms with Gasteiger partial charge in [-0.1, -0.05) is 0 Å². The van der Waals surface area contributed by atoms with Crippen LogP contribution in [0.15, 0.2) is 23.6 Å². The SMILES string of the molecule is Nc1cc(-c2csc(NS(=O)(=O)NC3CC3)n2)ccc1O. The van der Waals surface area contributed by atoms with Gasteiger partial charge in [0.15, 0.2) is 5.13 Å². The topological polar surface area (TPSA) is 117 Å². The van der Waals surface area contributed by atoms with Crippen molar-refractivity contribution in [3.8, 4) is 17.0 Å². The van der Waals surface area contributed by atoms with E-state index in [0.717, 1.165) is 12.8 Å². The summed E-state index contributed by atoms with van der Waals surface area (Å²) in [5, 5.41) is 11.4. The molecule has 7 nitrogen and oxygen atoms in total. The van der Waals surface area contributed by atoms with Crippen molar-refractivity contribution in [3.63, 3.8) is 0 Å². The summed E-state index contributed by atoms with van der Waals surface area (Å²) in [4.78, 5) is 4.22. The summed E-state index contributed by atoms with van der Waals surface area (Å²) in [6.07, 6.45) is 1.74. The minimum absolute atomic E-state index is 0.00328. The second kappa shape index (κ2) is 5.17. The van der Waals surface area contributed by atoms with E-state index in [1.54, 1.807) is 17.5 Å². The van der Waals surface area contributed by atoms with Gasteiger partial charge in [-0.25, -0.2) is 9.71 Å². The van der Waals surface area contributed by atoms with E-state index in [1.807, 2.05) is 0 Å². The monoisotopic (exact) mass is 326 g/mol. The highest BCUT2D eigenvalue weighted by Gasteiger charge is 2.27. The van der Waals surface area contributed by atoms with Crippen LogP contribution in [-0.2, 0) is 10.2 Å². The Hall–Kier alpha value is -1.84. The molecule has 0 spiro atoms. The molecule has 1 heterocycles. The van der Waals surface area contributed by atoms with Gasteiger partial charge in [0.25, 0.3) is 0 Å². The van der Waals surface area contributed by atoms with Gasteiger partial charge >= 0.3 is 10.2 Å². The number of aromatic nitrogens is 1. The summed E-state index contributed by atoms with van der Waals surface area (Å²) < 4.78 is 28.5. The van der Waals surface area contributed by atoms with Gasteiger partial charge in [0.2, 0.25) is 0 Å². The first-order valence-corrected chi connectivity index (χ1v) is 8.64. The number of anilines is 2. The van der Waals surface area contributed by atoms with Crippen LogP contribution in [0.25, 0.3) is 11.3 Å². The first-order chi connectivity index (χ1) is 9.93. The third-order valence-electron chi connectivity index (χ3n) is 2.95. The molecule has 0 amide bonds. The second-order valence-corrected chi connectivity index (χ2v) is 7.11.